The Morgan fingerprint density at radius 3 is 1.26 bits per heavy atom. The lowest BCUT2D eigenvalue weighted by Gasteiger charge is -2.48. The van der Waals surface area contributed by atoms with E-state index in [4.69, 9.17) is 36.5 Å². The summed E-state index contributed by atoms with van der Waals surface area (Å²) in [6.45, 7) is 8.73. The zero-order valence-corrected chi connectivity index (χ0v) is 39.0. The summed E-state index contributed by atoms with van der Waals surface area (Å²) in [5.74, 6) is -0.0253. The van der Waals surface area contributed by atoms with E-state index in [1.54, 1.807) is 116 Å². The predicted molar refractivity (Wildman–Crippen MR) is 236 cm³/mol. The third kappa shape index (κ3) is 6.76. The van der Waals surface area contributed by atoms with E-state index >= 15 is 0 Å². The van der Waals surface area contributed by atoms with Crippen molar-refractivity contribution in [2.45, 2.75) is 37.8 Å². The maximum absolute atomic E-state index is 6.36. The average Bonchev–Trinajstić information content (AvgIpc) is 3.82. The Morgan fingerprint density at radius 1 is 0.566 bits per heavy atom. The topological polar surface area (TPSA) is 81.2 Å². The molecule has 17 heteroatoms. The second kappa shape index (κ2) is 17.3. The fraction of sp³-hybridized carbons (Fsp3) is 0.389. The van der Waals surface area contributed by atoms with Gasteiger partial charge >= 0.3 is 17.6 Å². The van der Waals surface area contributed by atoms with Crippen LogP contribution in [0.25, 0.3) is 20.4 Å². The van der Waals surface area contributed by atoms with Crippen LogP contribution in [0, 0.1) is 11.8 Å². The van der Waals surface area contributed by atoms with Gasteiger partial charge in [0.1, 0.15) is 20.1 Å². The maximum Gasteiger partial charge on any atom is 0.519 e. The number of para-hydroxylation sites is 2. The Balaban J connectivity index is 1.34. The van der Waals surface area contributed by atoms with Gasteiger partial charge in [0.05, 0.1) is 20.4 Å². The van der Waals surface area contributed by atoms with Crippen molar-refractivity contribution in [2.24, 2.45) is 11.8 Å². The van der Waals surface area contributed by atoms with E-state index < -0.39 is 27.7 Å². The fourth-order valence-corrected chi connectivity index (χ4v) is 28.0. The summed E-state index contributed by atoms with van der Waals surface area (Å²) in [6.07, 6.45) is 8.87. The molecule has 0 amide bonds. The fourth-order valence-electron chi connectivity index (χ4n) is 7.65. The van der Waals surface area contributed by atoms with Crippen LogP contribution in [0.3, 0.4) is 0 Å². The van der Waals surface area contributed by atoms with E-state index in [2.05, 4.69) is 88.4 Å². The molecule has 0 fully saturated rings. The Morgan fingerprint density at radius 2 is 0.925 bits per heavy atom. The number of thiazole rings is 2. The van der Waals surface area contributed by atoms with Crippen LogP contribution in [0.15, 0.2) is 93.8 Å². The van der Waals surface area contributed by atoms with Gasteiger partial charge in [0.2, 0.25) is 0 Å². The molecule has 0 bridgehead atoms. The molecule has 0 radical (unpaired) electrons. The number of rotatable bonds is 16. The van der Waals surface area contributed by atoms with Crippen LogP contribution in [-0.4, -0.2) is 70.2 Å². The Hall–Kier alpha value is -0.876. The van der Waals surface area contributed by atoms with Crippen LogP contribution in [0.4, 0.5) is 0 Å². The van der Waals surface area contributed by atoms with Crippen LogP contribution >= 0.6 is 73.7 Å². The molecule has 53 heavy (non-hydrogen) atoms. The Labute approximate surface area is 341 Å². The van der Waals surface area contributed by atoms with Crippen LogP contribution in [0.2, 0.25) is 0 Å². The molecule has 4 unspecified atom stereocenters. The molecule has 4 aromatic rings. The van der Waals surface area contributed by atoms with Crippen LogP contribution in [0.5, 0.6) is 0 Å². The van der Waals surface area contributed by atoms with Gasteiger partial charge in [0.25, 0.3) is 0 Å². The van der Waals surface area contributed by atoms with Gasteiger partial charge < -0.3 is 26.6 Å². The van der Waals surface area contributed by atoms with Crippen molar-refractivity contribution in [1.82, 2.24) is 9.97 Å². The first kappa shape index (κ1) is 41.7. The maximum atomic E-state index is 6.36. The number of fused-ring (bicyclic) bond motifs is 2. The molecular weight excluding hydrogens is 837 g/mol. The number of hydrogen-bond donors (Lipinski definition) is 0. The summed E-state index contributed by atoms with van der Waals surface area (Å²) < 4.78 is 40.4. The van der Waals surface area contributed by atoms with Crippen molar-refractivity contribution >= 4 is 112 Å². The van der Waals surface area contributed by atoms with E-state index in [0.717, 1.165) is 51.4 Å². The molecule has 2 aliphatic carbocycles. The highest BCUT2D eigenvalue weighted by Gasteiger charge is 2.69. The van der Waals surface area contributed by atoms with Gasteiger partial charge in [-0.25, -0.2) is 9.97 Å². The van der Waals surface area contributed by atoms with Crippen molar-refractivity contribution in [1.29, 1.82) is 0 Å². The minimum atomic E-state index is -3.43. The number of nitrogens with zero attached hydrogens (tertiary/aromatic N) is 2. The Bertz CT molecular complexity index is 1840. The highest BCUT2D eigenvalue weighted by molar-refractivity contribution is 9.36. The third-order valence-electron chi connectivity index (χ3n) is 10.2. The molecule has 0 aliphatic heterocycles. The molecule has 2 heterocycles. The lowest BCUT2D eigenvalue weighted by Crippen LogP contribution is -2.65. The summed E-state index contributed by atoms with van der Waals surface area (Å²) in [6, 6.07) is 16.5. The van der Waals surface area contributed by atoms with E-state index in [1.165, 1.54) is 0 Å². The molecule has 2 aliphatic rings. The molecule has 0 saturated heterocycles. The van der Waals surface area contributed by atoms with Crippen LogP contribution in [-0.2, 0) is 36.6 Å². The normalized spacial score (nSPS) is 24.0. The predicted octanol–water partition coefficient (Wildman–Crippen LogP) is 11.2. The minimum absolute atomic E-state index is 0.0126. The van der Waals surface area contributed by atoms with Crippen molar-refractivity contribution in [2.75, 3.05) is 42.7 Å². The van der Waals surface area contributed by atoms with Gasteiger partial charge in [0, 0.05) is 52.5 Å². The molecule has 0 N–H and O–H groups in total. The largest absolute Gasteiger partial charge is 0.519 e. The van der Waals surface area contributed by atoms with Gasteiger partial charge in [-0.3, -0.25) is 0 Å². The quantitative estimate of drug-likeness (QED) is 0.0609. The van der Waals surface area contributed by atoms with E-state index in [9.17, 15) is 0 Å². The van der Waals surface area contributed by atoms with Gasteiger partial charge in [-0.15, -0.1) is 22.7 Å². The van der Waals surface area contributed by atoms with Crippen molar-refractivity contribution < 1.29 is 26.6 Å². The lowest BCUT2D eigenvalue weighted by atomic mass is 9.86. The first-order valence-electron chi connectivity index (χ1n) is 16.8. The standard InChI is InChI=1S/C36H44N2O6S7Si2/c1-23-19-21-25(3)35(52(39-5,40-6)41-7,33-37-27-15-11-13-17-29(27)45-33)31(23)47-49-51-50-48-32-24(2)20-22-26(4)36(32,53(42-8,43-9)44-10)34-38-28-16-12-14-18-30(28)46-34/h11-22,25-26H,1-10H3. The Kier molecular flexibility index (Phi) is 13.6. The first-order valence-corrected chi connectivity index (χ1v) is 28.0. The van der Waals surface area contributed by atoms with Crippen molar-refractivity contribution in [3.8, 4) is 0 Å². The molecular formula is C36H44N2O6S7Si2. The molecule has 2 aromatic heterocycles. The summed E-state index contributed by atoms with van der Waals surface area (Å²) in [4.78, 5) is 12.7. The second-order valence-electron chi connectivity index (χ2n) is 12.6. The van der Waals surface area contributed by atoms with E-state index in [1.807, 2.05) is 12.1 Å². The number of allylic oxidation sites excluding steroid dienone is 8. The SMILES string of the molecule is CO[Si](OC)(OC)C1(c2nc3ccccc3s2)C(SSSSSC2=C(C)C=CC(C)C2(c2nc3ccccc3s2)[Si](OC)(OC)OC)=C(C)C=CC1C. The smallest absolute Gasteiger partial charge is 0.376 e. The van der Waals surface area contributed by atoms with Gasteiger partial charge in [-0.1, -0.05) is 62.4 Å². The number of hydrogen-bond acceptors (Lipinski definition) is 15. The molecule has 0 saturated carbocycles. The van der Waals surface area contributed by atoms with Gasteiger partial charge in [0.15, 0.2) is 0 Å². The molecule has 4 atom stereocenters. The highest BCUT2D eigenvalue weighted by Crippen LogP contribution is 2.65. The highest BCUT2D eigenvalue weighted by atomic mass is 33.8. The van der Waals surface area contributed by atoms with Gasteiger partial charge in [-0.2, -0.15) is 0 Å². The third-order valence-corrected chi connectivity index (χ3v) is 29.1. The second-order valence-corrected chi connectivity index (χ2v) is 28.4. The van der Waals surface area contributed by atoms with E-state index in [0.29, 0.717) is 0 Å². The zero-order valence-electron chi connectivity index (χ0n) is 31.3. The molecule has 8 nitrogen and oxygen atoms in total. The van der Waals surface area contributed by atoms with Crippen LogP contribution in [0.1, 0.15) is 37.7 Å². The lowest BCUT2D eigenvalue weighted by molar-refractivity contribution is 0.0899. The first-order chi connectivity index (χ1) is 25.6. The van der Waals surface area contributed by atoms with Gasteiger partial charge in [-0.05, 0) is 112 Å². The summed E-state index contributed by atoms with van der Waals surface area (Å²) in [5, 5.41) is 0.364. The minimum Gasteiger partial charge on any atom is -0.376 e. The van der Waals surface area contributed by atoms with Crippen molar-refractivity contribution in [3.63, 3.8) is 0 Å². The molecule has 0 spiro atoms. The average molecular weight is 881 g/mol. The van der Waals surface area contributed by atoms with Crippen LogP contribution < -0.4 is 0 Å². The number of aromatic nitrogens is 2. The van der Waals surface area contributed by atoms with E-state index in [-0.39, 0.29) is 11.8 Å². The summed E-state index contributed by atoms with van der Waals surface area (Å²) >= 11 is 3.37. The molecule has 6 rings (SSSR count). The zero-order chi connectivity index (χ0) is 38.0. The molecule has 284 valence electrons. The number of benzene rings is 2. The summed E-state index contributed by atoms with van der Waals surface area (Å²) in [7, 11) is 11.9. The van der Waals surface area contributed by atoms with Crippen molar-refractivity contribution in [3.05, 3.63) is 104 Å². The summed E-state index contributed by atoms with van der Waals surface area (Å²) in [5.41, 5.74) is 4.18. The monoisotopic (exact) mass is 880 g/mol. The molecule has 2 aromatic carbocycles.